The van der Waals surface area contributed by atoms with Crippen molar-refractivity contribution in [1.29, 1.82) is 0 Å². The molecule has 5 nitrogen and oxygen atoms in total. The molecule has 3 aromatic rings. The van der Waals surface area contributed by atoms with Crippen molar-refractivity contribution in [2.75, 3.05) is 49.1 Å². The van der Waals surface area contributed by atoms with Gasteiger partial charge in [-0.2, -0.15) is 0 Å². The number of piperidine rings is 1. The Kier molecular flexibility index (Phi) is 5.57. The molecule has 4 heterocycles. The first-order valence-electron chi connectivity index (χ1n) is 11.3. The van der Waals surface area contributed by atoms with Gasteiger partial charge in [0.05, 0.1) is 0 Å². The van der Waals surface area contributed by atoms with E-state index in [-0.39, 0.29) is 5.92 Å². The summed E-state index contributed by atoms with van der Waals surface area (Å²) in [5, 5.41) is 3.36. The van der Waals surface area contributed by atoms with Crippen LogP contribution in [0, 0.1) is 19.8 Å². The van der Waals surface area contributed by atoms with E-state index in [4.69, 9.17) is 0 Å². The first-order valence-corrected chi connectivity index (χ1v) is 12.2. The van der Waals surface area contributed by atoms with Crippen LogP contribution < -0.4 is 9.80 Å². The zero-order valence-electron chi connectivity index (χ0n) is 18.4. The molecule has 2 aromatic heterocycles. The quantitative estimate of drug-likeness (QED) is 0.609. The number of carbonyl (C=O) groups is 1. The lowest BCUT2D eigenvalue weighted by Gasteiger charge is -2.40. The Hall–Kier alpha value is -2.60. The maximum Gasteiger partial charge on any atom is 0.225 e. The maximum atomic E-state index is 13.2. The average molecular weight is 435 g/mol. The number of anilines is 2. The molecular formula is C25H30N4OS. The van der Waals surface area contributed by atoms with Gasteiger partial charge in [0, 0.05) is 67.2 Å². The van der Waals surface area contributed by atoms with Crippen LogP contribution in [-0.4, -0.2) is 55.1 Å². The van der Waals surface area contributed by atoms with Crippen molar-refractivity contribution < 1.29 is 4.79 Å². The van der Waals surface area contributed by atoms with Crippen molar-refractivity contribution >= 4 is 38.8 Å². The lowest BCUT2D eigenvalue weighted by Crippen LogP contribution is -2.52. The van der Waals surface area contributed by atoms with Crippen molar-refractivity contribution in [3.8, 4) is 0 Å². The summed E-state index contributed by atoms with van der Waals surface area (Å²) in [5.41, 5.74) is 3.92. The molecule has 0 unspecified atom stereocenters. The molecule has 0 atom stereocenters. The van der Waals surface area contributed by atoms with E-state index in [0.717, 1.165) is 57.9 Å². The zero-order chi connectivity index (χ0) is 21.4. The number of fused-ring (bicyclic) bond motifs is 1. The standard InChI is InChI=1S/C25H30N4OS/c1-18-3-4-19(2)22(17-18)27-12-14-29(15-13-27)25(30)20-6-10-28(11-7-20)24-21-8-16-31-23(21)5-9-26-24/h3-5,8-9,16-17,20H,6-7,10-15H2,1-2H3. The fraction of sp³-hybridized carbons (Fsp3) is 0.440. The molecule has 31 heavy (non-hydrogen) atoms. The van der Waals surface area contributed by atoms with Gasteiger partial charge >= 0.3 is 0 Å². The Morgan fingerprint density at radius 1 is 0.968 bits per heavy atom. The van der Waals surface area contributed by atoms with Gasteiger partial charge in [0.25, 0.3) is 0 Å². The van der Waals surface area contributed by atoms with Crippen molar-refractivity contribution in [2.45, 2.75) is 26.7 Å². The molecule has 0 N–H and O–H groups in total. The Morgan fingerprint density at radius 2 is 1.74 bits per heavy atom. The maximum absolute atomic E-state index is 13.2. The fourth-order valence-corrected chi connectivity index (χ4v) is 5.73. The average Bonchev–Trinajstić information content (AvgIpc) is 3.30. The van der Waals surface area contributed by atoms with E-state index in [1.807, 2.05) is 6.20 Å². The predicted octanol–water partition coefficient (Wildman–Crippen LogP) is 4.48. The number of thiophene rings is 1. The number of pyridine rings is 1. The smallest absolute Gasteiger partial charge is 0.225 e. The molecule has 2 saturated heterocycles. The van der Waals surface area contributed by atoms with E-state index >= 15 is 0 Å². The molecule has 0 radical (unpaired) electrons. The molecule has 162 valence electrons. The number of nitrogens with zero attached hydrogens (tertiary/aromatic N) is 4. The van der Waals surface area contributed by atoms with Gasteiger partial charge in [-0.3, -0.25) is 4.79 Å². The monoisotopic (exact) mass is 434 g/mol. The van der Waals surface area contributed by atoms with E-state index in [9.17, 15) is 4.79 Å². The summed E-state index contributed by atoms with van der Waals surface area (Å²) in [7, 11) is 0. The van der Waals surface area contributed by atoms with Crippen LogP contribution in [0.1, 0.15) is 24.0 Å². The van der Waals surface area contributed by atoms with Gasteiger partial charge in [-0.25, -0.2) is 4.98 Å². The van der Waals surface area contributed by atoms with Gasteiger partial charge in [-0.1, -0.05) is 12.1 Å². The molecule has 0 bridgehead atoms. The number of piperazine rings is 1. The predicted molar refractivity (Wildman–Crippen MR) is 129 cm³/mol. The molecule has 1 aromatic carbocycles. The van der Waals surface area contributed by atoms with E-state index < -0.39 is 0 Å². The van der Waals surface area contributed by atoms with Crippen LogP contribution in [0.2, 0.25) is 0 Å². The van der Waals surface area contributed by atoms with E-state index in [1.54, 1.807) is 11.3 Å². The number of hydrogen-bond acceptors (Lipinski definition) is 5. The van der Waals surface area contributed by atoms with Crippen LogP contribution in [0.4, 0.5) is 11.5 Å². The minimum atomic E-state index is 0.144. The fourth-order valence-electron chi connectivity index (χ4n) is 4.96. The van der Waals surface area contributed by atoms with Crippen LogP contribution in [0.5, 0.6) is 0 Å². The molecule has 5 rings (SSSR count). The summed E-state index contributed by atoms with van der Waals surface area (Å²) in [6.07, 6.45) is 3.73. The van der Waals surface area contributed by atoms with Crippen LogP contribution >= 0.6 is 11.3 Å². The summed E-state index contributed by atoms with van der Waals surface area (Å²) >= 11 is 1.76. The van der Waals surface area contributed by atoms with Gasteiger partial charge in [-0.15, -0.1) is 11.3 Å². The minimum Gasteiger partial charge on any atom is -0.368 e. The largest absolute Gasteiger partial charge is 0.368 e. The summed E-state index contributed by atoms with van der Waals surface area (Å²) in [5.74, 6) is 1.57. The first kappa shape index (κ1) is 20.3. The summed E-state index contributed by atoms with van der Waals surface area (Å²) < 4.78 is 1.28. The topological polar surface area (TPSA) is 39.7 Å². The number of benzene rings is 1. The highest BCUT2D eigenvalue weighted by Gasteiger charge is 2.31. The molecule has 2 aliphatic heterocycles. The molecule has 0 aliphatic carbocycles. The van der Waals surface area contributed by atoms with Gasteiger partial charge in [0.1, 0.15) is 5.82 Å². The van der Waals surface area contributed by atoms with Crippen molar-refractivity contribution in [3.05, 3.63) is 53.0 Å². The third kappa shape index (κ3) is 4.01. The first-order chi connectivity index (χ1) is 15.1. The highest BCUT2D eigenvalue weighted by molar-refractivity contribution is 7.17. The molecule has 6 heteroatoms. The third-order valence-electron chi connectivity index (χ3n) is 6.80. The minimum absolute atomic E-state index is 0.144. The number of hydrogen-bond donors (Lipinski definition) is 0. The lowest BCUT2D eigenvalue weighted by molar-refractivity contribution is -0.136. The number of amides is 1. The molecule has 0 spiro atoms. The van der Waals surface area contributed by atoms with Gasteiger partial charge in [0.2, 0.25) is 5.91 Å². The number of aromatic nitrogens is 1. The number of carbonyl (C=O) groups excluding carboxylic acids is 1. The second-order valence-electron chi connectivity index (χ2n) is 8.83. The second kappa shape index (κ2) is 8.50. The number of rotatable bonds is 3. The van der Waals surface area contributed by atoms with Crippen molar-refractivity contribution in [3.63, 3.8) is 0 Å². The van der Waals surface area contributed by atoms with Crippen LogP contribution in [0.25, 0.3) is 10.1 Å². The highest BCUT2D eigenvalue weighted by Crippen LogP contribution is 2.32. The van der Waals surface area contributed by atoms with Gasteiger partial charge in [-0.05, 0) is 61.4 Å². The molecule has 2 aliphatic rings. The van der Waals surface area contributed by atoms with E-state index in [1.165, 1.54) is 26.9 Å². The summed E-state index contributed by atoms with van der Waals surface area (Å²) in [4.78, 5) is 24.7. The molecule has 2 fully saturated rings. The normalized spacial score (nSPS) is 18.1. The third-order valence-corrected chi connectivity index (χ3v) is 7.68. The highest BCUT2D eigenvalue weighted by atomic mass is 32.1. The Balaban J connectivity index is 1.18. The second-order valence-corrected chi connectivity index (χ2v) is 9.78. The van der Waals surface area contributed by atoms with Crippen LogP contribution in [0.3, 0.4) is 0 Å². The van der Waals surface area contributed by atoms with E-state index in [2.05, 4.69) is 69.2 Å². The molecule has 1 amide bonds. The van der Waals surface area contributed by atoms with Gasteiger partial charge in [0.15, 0.2) is 0 Å². The number of aryl methyl sites for hydroxylation is 2. The Bertz CT molecular complexity index is 1080. The molecular weight excluding hydrogens is 404 g/mol. The van der Waals surface area contributed by atoms with Crippen molar-refractivity contribution in [1.82, 2.24) is 9.88 Å². The van der Waals surface area contributed by atoms with E-state index in [0.29, 0.717) is 5.91 Å². The Labute approximate surface area is 188 Å². The molecule has 0 saturated carbocycles. The van der Waals surface area contributed by atoms with Crippen molar-refractivity contribution in [2.24, 2.45) is 5.92 Å². The zero-order valence-corrected chi connectivity index (χ0v) is 19.2. The van der Waals surface area contributed by atoms with Crippen LogP contribution in [-0.2, 0) is 4.79 Å². The summed E-state index contributed by atoms with van der Waals surface area (Å²) in [6.45, 7) is 9.60. The van der Waals surface area contributed by atoms with Crippen LogP contribution in [0.15, 0.2) is 41.9 Å². The summed E-state index contributed by atoms with van der Waals surface area (Å²) in [6, 6.07) is 10.9. The van der Waals surface area contributed by atoms with Gasteiger partial charge < -0.3 is 14.7 Å². The lowest BCUT2D eigenvalue weighted by atomic mass is 9.94. The Morgan fingerprint density at radius 3 is 2.52 bits per heavy atom. The SMILES string of the molecule is Cc1ccc(C)c(N2CCN(C(=O)C3CCN(c4nccc5sccc45)CC3)CC2)c1.